The number of nitrogen functional groups attached to an aromatic ring is 1. The molecule has 0 aromatic heterocycles. The predicted molar refractivity (Wildman–Crippen MR) is 81.0 cm³/mol. The van der Waals surface area contributed by atoms with Gasteiger partial charge < -0.3 is 15.4 Å². The summed E-state index contributed by atoms with van der Waals surface area (Å²) in [6.07, 6.45) is 0. The van der Waals surface area contributed by atoms with E-state index < -0.39 is 0 Å². The second-order valence-corrected chi connectivity index (χ2v) is 4.82. The van der Waals surface area contributed by atoms with E-state index in [0.717, 1.165) is 18.0 Å². The number of benzene rings is 2. The van der Waals surface area contributed by atoms with Crippen molar-refractivity contribution in [1.29, 1.82) is 0 Å². The van der Waals surface area contributed by atoms with Crippen LogP contribution in [0, 0.1) is 0 Å². The standard InChI is InChI=1S/C15H17ClN2O/c1-18(15-8-5-12(17)9-14(15)16)10-11-3-6-13(19-2)7-4-11/h3-9H,10,17H2,1-2H3. The molecule has 3 nitrogen and oxygen atoms in total. The Balaban J connectivity index is 2.13. The van der Waals surface area contributed by atoms with E-state index in [0.29, 0.717) is 10.7 Å². The van der Waals surface area contributed by atoms with Gasteiger partial charge in [-0.1, -0.05) is 23.7 Å². The molecule has 0 aliphatic heterocycles. The van der Waals surface area contributed by atoms with Crippen molar-refractivity contribution in [3.05, 3.63) is 53.1 Å². The summed E-state index contributed by atoms with van der Waals surface area (Å²) in [7, 11) is 3.66. The Morgan fingerprint density at radius 1 is 1.16 bits per heavy atom. The van der Waals surface area contributed by atoms with E-state index in [2.05, 4.69) is 4.90 Å². The minimum Gasteiger partial charge on any atom is -0.497 e. The molecule has 0 atom stereocenters. The summed E-state index contributed by atoms with van der Waals surface area (Å²) in [6, 6.07) is 13.5. The van der Waals surface area contributed by atoms with Crippen molar-refractivity contribution in [3.8, 4) is 5.75 Å². The van der Waals surface area contributed by atoms with Crippen LogP contribution in [0.4, 0.5) is 11.4 Å². The van der Waals surface area contributed by atoms with Crippen LogP contribution in [0.25, 0.3) is 0 Å². The number of methoxy groups -OCH3 is 1. The van der Waals surface area contributed by atoms with Gasteiger partial charge in [0.05, 0.1) is 17.8 Å². The molecule has 100 valence electrons. The average molecular weight is 277 g/mol. The third kappa shape index (κ3) is 3.32. The summed E-state index contributed by atoms with van der Waals surface area (Å²) < 4.78 is 5.14. The Morgan fingerprint density at radius 3 is 2.42 bits per heavy atom. The van der Waals surface area contributed by atoms with Gasteiger partial charge in [-0.05, 0) is 35.9 Å². The van der Waals surface area contributed by atoms with Crippen LogP contribution in [0.5, 0.6) is 5.75 Å². The Morgan fingerprint density at radius 2 is 1.84 bits per heavy atom. The van der Waals surface area contributed by atoms with Gasteiger partial charge in [0.2, 0.25) is 0 Å². The van der Waals surface area contributed by atoms with E-state index in [9.17, 15) is 0 Å². The monoisotopic (exact) mass is 276 g/mol. The maximum absolute atomic E-state index is 6.20. The first-order valence-corrected chi connectivity index (χ1v) is 6.37. The van der Waals surface area contributed by atoms with Crippen molar-refractivity contribution in [2.45, 2.75) is 6.54 Å². The first-order chi connectivity index (χ1) is 9.10. The molecule has 19 heavy (non-hydrogen) atoms. The van der Waals surface area contributed by atoms with E-state index in [4.69, 9.17) is 22.1 Å². The maximum atomic E-state index is 6.20. The SMILES string of the molecule is COc1ccc(CN(C)c2ccc(N)cc2Cl)cc1. The quantitative estimate of drug-likeness (QED) is 0.868. The topological polar surface area (TPSA) is 38.5 Å². The van der Waals surface area contributed by atoms with Gasteiger partial charge in [-0.3, -0.25) is 0 Å². The fourth-order valence-corrected chi connectivity index (χ4v) is 2.26. The van der Waals surface area contributed by atoms with Gasteiger partial charge >= 0.3 is 0 Å². The van der Waals surface area contributed by atoms with Crippen molar-refractivity contribution < 1.29 is 4.74 Å². The lowest BCUT2D eigenvalue weighted by atomic mass is 10.2. The van der Waals surface area contributed by atoms with Crippen molar-refractivity contribution in [2.75, 3.05) is 24.8 Å². The number of nitrogens with two attached hydrogens (primary N) is 1. The third-order valence-electron chi connectivity index (χ3n) is 2.96. The lowest BCUT2D eigenvalue weighted by molar-refractivity contribution is 0.414. The fraction of sp³-hybridized carbons (Fsp3) is 0.200. The van der Waals surface area contributed by atoms with Gasteiger partial charge in [-0.25, -0.2) is 0 Å². The summed E-state index contributed by atoms with van der Waals surface area (Å²) in [5, 5.41) is 0.663. The highest BCUT2D eigenvalue weighted by Gasteiger charge is 2.07. The van der Waals surface area contributed by atoms with Crippen molar-refractivity contribution in [1.82, 2.24) is 0 Å². The smallest absolute Gasteiger partial charge is 0.118 e. The van der Waals surface area contributed by atoms with E-state index in [1.165, 1.54) is 5.56 Å². The van der Waals surface area contributed by atoms with Gasteiger partial charge in [0.15, 0.2) is 0 Å². The van der Waals surface area contributed by atoms with E-state index in [1.54, 1.807) is 13.2 Å². The minimum atomic E-state index is 0.663. The lowest BCUT2D eigenvalue weighted by Crippen LogP contribution is -2.16. The van der Waals surface area contributed by atoms with Crippen LogP contribution >= 0.6 is 11.6 Å². The summed E-state index contributed by atoms with van der Waals surface area (Å²) in [5.74, 6) is 0.858. The Hall–Kier alpha value is -1.87. The number of anilines is 2. The zero-order chi connectivity index (χ0) is 13.8. The molecule has 0 unspecified atom stereocenters. The molecule has 0 spiro atoms. The molecule has 0 fully saturated rings. The summed E-state index contributed by atoms with van der Waals surface area (Å²) >= 11 is 6.20. The second-order valence-electron chi connectivity index (χ2n) is 4.41. The van der Waals surface area contributed by atoms with E-state index in [-0.39, 0.29) is 0 Å². The highest BCUT2D eigenvalue weighted by molar-refractivity contribution is 6.33. The highest BCUT2D eigenvalue weighted by atomic mass is 35.5. The van der Waals surface area contributed by atoms with E-state index >= 15 is 0 Å². The summed E-state index contributed by atoms with van der Waals surface area (Å²) in [5.41, 5.74) is 8.52. The number of hydrogen-bond donors (Lipinski definition) is 1. The normalized spacial score (nSPS) is 10.3. The van der Waals surface area contributed by atoms with Crippen LogP contribution in [0.3, 0.4) is 0 Å². The number of ether oxygens (including phenoxy) is 1. The third-order valence-corrected chi connectivity index (χ3v) is 3.26. The van der Waals surface area contributed by atoms with Gasteiger partial charge in [0, 0.05) is 19.3 Å². The highest BCUT2D eigenvalue weighted by Crippen LogP contribution is 2.28. The first kappa shape index (κ1) is 13.6. The van der Waals surface area contributed by atoms with E-state index in [1.807, 2.05) is 43.4 Å². The van der Waals surface area contributed by atoms with Crippen molar-refractivity contribution in [3.63, 3.8) is 0 Å². The molecule has 0 aliphatic carbocycles. The molecule has 0 bridgehead atoms. The van der Waals surface area contributed by atoms with Crippen LogP contribution < -0.4 is 15.4 Å². The fourth-order valence-electron chi connectivity index (χ4n) is 1.92. The molecule has 0 radical (unpaired) electrons. The number of hydrogen-bond acceptors (Lipinski definition) is 3. The molecule has 0 aliphatic rings. The maximum Gasteiger partial charge on any atom is 0.118 e. The lowest BCUT2D eigenvalue weighted by Gasteiger charge is -2.21. The largest absolute Gasteiger partial charge is 0.497 e. The zero-order valence-electron chi connectivity index (χ0n) is 11.1. The Kier molecular flexibility index (Phi) is 4.17. The number of halogens is 1. The molecule has 2 N–H and O–H groups in total. The summed E-state index contributed by atoms with van der Waals surface area (Å²) in [4.78, 5) is 2.09. The predicted octanol–water partition coefficient (Wildman–Crippen LogP) is 3.57. The van der Waals surface area contributed by atoms with Gasteiger partial charge in [0.1, 0.15) is 5.75 Å². The van der Waals surface area contributed by atoms with Gasteiger partial charge in [-0.15, -0.1) is 0 Å². The van der Waals surface area contributed by atoms with Crippen LogP contribution in [0.2, 0.25) is 5.02 Å². The molecule has 2 aromatic rings. The van der Waals surface area contributed by atoms with Crippen LogP contribution in [-0.4, -0.2) is 14.2 Å². The van der Waals surface area contributed by atoms with Crippen molar-refractivity contribution >= 4 is 23.0 Å². The zero-order valence-corrected chi connectivity index (χ0v) is 11.8. The van der Waals surface area contributed by atoms with Crippen molar-refractivity contribution in [2.24, 2.45) is 0 Å². The molecule has 2 rings (SSSR count). The second kappa shape index (κ2) is 5.85. The molecule has 0 heterocycles. The molecular formula is C15H17ClN2O. The molecule has 0 saturated heterocycles. The Labute approximate surface area is 118 Å². The summed E-state index contributed by atoms with van der Waals surface area (Å²) in [6.45, 7) is 0.771. The van der Waals surface area contributed by atoms with Crippen LogP contribution in [-0.2, 0) is 6.54 Å². The number of nitrogens with zero attached hydrogens (tertiary/aromatic N) is 1. The van der Waals surface area contributed by atoms with Crippen LogP contribution in [0.15, 0.2) is 42.5 Å². The Bertz CT molecular complexity index is 555. The van der Waals surface area contributed by atoms with Gasteiger partial charge in [0.25, 0.3) is 0 Å². The molecular weight excluding hydrogens is 260 g/mol. The first-order valence-electron chi connectivity index (χ1n) is 5.99. The molecule has 2 aromatic carbocycles. The number of rotatable bonds is 4. The van der Waals surface area contributed by atoms with Gasteiger partial charge in [-0.2, -0.15) is 0 Å². The van der Waals surface area contributed by atoms with Crippen LogP contribution in [0.1, 0.15) is 5.56 Å². The molecule has 0 amide bonds. The average Bonchev–Trinajstić information content (AvgIpc) is 2.39. The molecule has 0 saturated carbocycles. The minimum absolute atomic E-state index is 0.663. The molecule has 4 heteroatoms.